The first kappa shape index (κ1) is 21.1. The van der Waals surface area contributed by atoms with Gasteiger partial charge in [0.25, 0.3) is 5.91 Å². The van der Waals surface area contributed by atoms with Gasteiger partial charge in [-0.05, 0) is 71.9 Å². The van der Waals surface area contributed by atoms with Crippen LogP contribution in [-0.2, 0) is 5.54 Å². The highest BCUT2D eigenvalue weighted by molar-refractivity contribution is 6.30. The molecule has 0 saturated heterocycles. The van der Waals surface area contributed by atoms with E-state index >= 15 is 0 Å². The lowest BCUT2D eigenvalue weighted by Crippen LogP contribution is -2.40. The third-order valence-electron chi connectivity index (χ3n) is 4.26. The van der Waals surface area contributed by atoms with Crippen molar-refractivity contribution in [2.75, 3.05) is 0 Å². The van der Waals surface area contributed by atoms with Crippen LogP contribution in [0.5, 0.6) is 0 Å². The molecule has 29 heavy (non-hydrogen) atoms. The van der Waals surface area contributed by atoms with Gasteiger partial charge in [0.15, 0.2) is 0 Å². The third-order valence-corrected chi connectivity index (χ3v) is 4.51. The minimum absolute atomic E-state index is 0.141. The van der Waals surface area contributed by atoms with Crippen LogP contribution in [0.2, 0.25) is 5.02 Å². The summed E-state index contributed by atoms with van der Waals surface area (Å²) < 4.78 is 1.92. The number of hydrogen-bond acceptors (Lipinski definition) is 3. The van der Waals surface area contributed by atoms with Gasteiger partial charge in [-0.1, -0.05) is 23.7 Å². The number of nitrogens with zero attached hydrogens (tertiary/aromatic N) is 3. The molecule has 6 heteroatoms. The van der Waals surface area contributed by atoms with E-state index in [0.29, 0.717) is 22.0 Å². The van der Waals surface area contributed by atoms with E-state index in [1.807, 2.05) is 67.9 Å². The van der Waals surface area contributed by atoms with Crippen molar-refractivity contribution in [2.45, 2.75) is 52.6 Å². The predicted molar refractivity (Wildman–Crippen MR) is 118 cm³/mol. The number of amides is 1. The normalized spacial score (nSPS) is 12.1. The molecule has 0 aliphatic heterocycles. The van der Waals surface area contributed by atoms with Crippen molar-refractivity contribution in [2.24, 2.45) is 0 Å². The quantitative estimate of drug-likeness (QED) is 0.615. The minimum atomic E-state index is -0.339. The predicted octanol–water partition coefficient (Wildman–Crippen LogP) is 5.55. The number of carbonyl (C=O) groups is 1. The summed E-state index contributed by atoms with van der Waals surface area (Å²) in [4.78, 5) is 17.8. The summed E-state index contributed by atoms with van der Waals surface area (Å²) in [5, 5.41) is 8.15. The van der Waals surface area contributed by atoms with Gasteiger partial charge >= 0.3 is 0 Å². The highest BCUT2D eigenvalue weighted by Gasteiger charge is 2.22. The highest BCUT2D eigenvalue weighted by atomic mass is 35.5. The lowest BCUT2D eigenvalue weighted by Gasteiger charge is -2.23. The molecular weight excluding hydrogens is 384 g/mol. The molecule has 1 N–H and O–H groups in total. The monoisotopic (exact) mass is 410 g/mol. The molecule has 152 valence electrons. The zero-order chi connectivity index (χ0) is 21.4. The van der Waals surface area contributed by atoms with Crippen molar-refractivity contribution in [1.29, 1.82) is 0 Å². The second-order valence-electron chi connectivity index (χ2n) is 9.14. The third kappa shape index (κ3) is 5.04. The standard InChI is InChI=1S/C23H27ClN4O/c1-22(2,3)27-21(29)16-13-18(15-7-9-17(24)10-8-15)26-19(14-16)20-11-12-25-28(20)23(4,5)6/h7-14H,1-6H3,(H,27,29). The molecule has 0 aliphatic carbocycles. The van der Waals surface area contributed by atoms with Crippen LogP contribution in [0.15, 0.2) is 48.7 Å². The second kappa shape index (κ2) is 7.64. The number of hydrogen-bond donors (Lipinski definition) is 1. The fourth-order valence-electron chi connectivity index (χ4n) is 3.01. The Balaban J connectivity index is 2.17. The number of benzene rings is 1. The molecule has 0 fully saturated rings. The van der Waals surface area contributed by atoms with Crippen molar-refractivity contribution < 1.29 is 4.79 Å². The van der Waals surface area contributed by atoms with E-state index in [9.17, 15) is 4.79 Å². The van der Waals surface area contributed by atoms with Crippen molar-refractivity contribution in [3.63, 3.8) is 0 Å². The van der Waals surface area contributed by atoms with Crippen LogP contribution in [0.25, 0.3) is 22.6 Å². The number of halogens is 1. The molecule has 1 aromatic carbocycles. The maximum atomic E-state index is 12.9. The molecule has 0 aliphatic rings. The average molecular weight is 411 g/mol. The van der Waals surface area contributed by atoms with Gasteiger partial charge in [-0.15, -0.1) is 0 Å². The molecule has 5 nitrogen and oxygen atoms in total. The summed E-state index contributed by atoms with van der Waals surface area (Å²) in [5.74, 6) is -0.141. The van der Waals surface area contributed by atoms with Gasteiger partial charge in [0.2, 0.25) is 0 Å². The van der Waals surface area contributed by atoms with Gasteiger partial charge in [-0.3, -0.25) is 9.48 Å². The average Bonchev–Trinajstić information content (AvgIpc) is 3.11. The summed E-state index contributed by atoms with van der Waals surface area (Å²) in [7, 11) is 0. The topological polar surface area (TPSA) is 59.8 Å². The van der Waals surface area contributed by atoms with Crippen molar-refractivity contribution in [1.82, 2.24) is 20.1 Å². The van der Waals surface area contributed by atoms with Gasteiger partial charge in [0, 0.05) is 27.9 Å². The first-order valence-electron chi connectivity index (χ1n) is 9.59. The Hall–Kier alpha value is -2.66. The number of aromatic nitrogens is 3. The molecule has 0 bridgehead atoms. The molecule has 2 aromatic heterocycles. The van der Waals surface area contributed by atoms with Crippen LogP contribution < -0.4 is 5.32 Å². The number of pyridine rings is 1. The summed E-state index contributed by atoms with van der Waals surface area (Å²) in [6.07, 6.45) is 1.76. The Morgan fingerprint density at radius 1 is 0.966 bits per heavy atom. The molecule has 3 rings (SSSR count). The van der Waals surface area contributed by atoms with E-state index < -0.39 is 0 Å². The lowest BCUT2D eigenvalue weighted by molar-refractivity contribution is 0.0919. The lowest BCUT2D eigenvalue weighted by atomic mass is 10.0. The summed E-state index contributed by atoms with van der Waals surface area (Å²) >= 11 is 6.04. The zero-order valence-corrected chi connectivity index (χ0v) is 18.5. The van der Waals surface area contributed by atoms with Crippen molar-refractivity contribution >= 4 is 17.5 Å². The molecule has 2 heterocycles. The SMILES string of the molecule is CC(C)(C)NC(=O)c1cc(-c2ccc(Cl)cc2)nc(-c2ccnn2C(C)(C)C)c1. The van der Waals surface area contributed by atoms with Gasteiger partial charge in [0.05, 0.1) is 22.6 Å². The molecule has 0 radical (unpaired) electrons. The Bertz CT molecular complexity index is 1020. The Kier molecular flexibility index (Phi) is 5.54. The van der Waals surface area contributed by atoms with Crippen LogP contribution in [0, 0.1) is 0 Å². The van der Waals surface area contributed by atoms with E-state index in [4.69, 9.17) is 16.6 Å². The maximum Gasteiger partial charge on any atom is 0.251 e. The van der Waals surface area contributed by atoms with Gasteiger partial charge in [-0.2, -0.15) is 5.10 Å². The largest absolute Gasteiger partial charge is 0.347 e. The smallest absolute Gasteiger partial charge is 0.251 e. The van der Waals surface area contributed by atoms with E-state index in [0.717, 1.165) is 11.3 Å². The Labute approximate surface area is 177 Å². The first-order valence-corrected chi connectivity index (χ1v) is 9.97. The van der Waals surface area contributed by atoms with E-state index in [1.54, 1.807) is 6.20 Å². The highest BCUT2D eigenvalue weighted by Crippen LogP contribution is 2.28. The molecule has 1 amide bonds. The molecule has 0 atom stereocenters. The Morgan fingerprint density at radius 3 is 2.17 bits per heavy atom. The van der Waals surface area contributed by atoms with Crippen LogP contribution >= 0.6 is 11.6 Å². The molecule has 0 unspecified atom stereocenters. The fraction of sp³-hybridized carbons (Fsp3) is 0.348. The summed E-state index contributed by atoms with van der Waals surface area (Å²) in [6, 6.07) is 13.0. The first-order chi connectivity index (χ1) is 13.4. The zero-order valence-electron chi connectivity index (χ0n) is 17.7. The van der Waals surface area contributed by atoms with E-state index in [2.05, 4.69) is 31.2 Å². The van der Waals surface area contributed by atoms with Gasteiger partial charge < -0.3 is 5.32 Å². The van der Waals surface area contributed by atoms with Crippen LogP contribution in [0.3, 0.4) is 0 Å². The molecular formula is C23H27ClN4O. The summed E-state index contributed by atoms with van der Waals surface area (Å²) in [5.41, 5.74) is 3.15. The van der Waals surface area contributed by atoms with Crippen LogP contribution in [0.4, 0.5) is 0 Å². The fourth-order valence-corrected chi connectivity index (χ4v) is 3.13. The second-order valence-corrected chi connectivity index (χ2v) is 9.57. The minimum Gasteiger partial charge on any atom is -0.347 e. The molecule has 3 aromatic rings. The number of rotatable bonds is 3. The van der Waals surface area contributed by atoms with Crippen molar-refractivity contribution in [3.05, 3.63) is 59.2 Å². The number of nitrogens with one attached hydrogen (secondary N) is 1. The summed E-state index contributed by atoms with van der Waals surface area (Å²) in [6.45, 7) is 12.1. The van der Waals surface area contributed by atoms with E-state index in [-0.39, 0.29) is 17.0 Å². The van der Waals surface area contributed by atoms with Crippen molar-refractivity contribution in [3.8, 4) is 22.6 Å². The molecule has 0 spiro atoms. The molecule has 0 saturated carbocycles. The van der Waals surface area contributed by atoms with Gasteiger partial charge in [-0.25, -0.2) is 4.98 Å². The van der Waals surface area contributed by atoms with Crippen LogP contribution in [0.1, 0.15) is 51.9 Å². The van der Waals surface area contributed by atoms with Gasteiger partial charge in [0.1, 0.15) is 0 Å². The van der Waals surface area contributed by atoms with E-state index in [1.165, 1.54) is 0 Å². The number of carbonyl (C=O) groups excluding carboxylic acids is 1. The Morgan fingerprint density at radius 2 is 1.59 bits per heavy atom. The van der Waals surface area contributed by atoms with Crippen LogP contribution in [-0.4, -0.2) is 26.2 Å². The maximum absolute atomic E-state index is 12.9.